The topological polar surface area (TPSA) is 82.2 Å². The molecular formula is C15H22N2O3. The van der Waals surface area contributed by atoms with Crippen molar-refractivity contribution in [1.29, 1.82) is 0 Å². The lowest BCUT2D eigenvalue weighted by Gasteiger charge is -2.40. The van der Waals surface area contributed by atoms with Crippen LogP contribution in [0.5, 0.6) is 0 Å². The minimum atomic E-state index is -0.854. The molecule has 1 amide bonds. The molecule has 0 aliphatic heterocycles. The largest absolute Gasteiger partial charge is 0.388 e. The molecule has 20 heavy (non-hydrogen) atoms. The first kappa shape index (κ1) is 14.8. The van der Waals surface area contributed by atoms with Crippen LogP contribution in [0, 0.1) is 5.41 Å². The second kappa shape index (κ2) is 5.40. The van der Waals surface area contributed by atoms with E-state index in [1.165, 1.54) is 12.3 Å². The lowest BCUT2D eigenvalue weighted by Crippen LogP contribution is -2.47. The average Bonchev–Trinajstić information content (AvgIpc) is 2.41. The van der Waals surface area contributed by atoms with Gasteiger partial charge in [-0.1, -0.05) is 13.8 Å². The zero-order chi connectivity index (χ0) is 14.8. The number of pyridine rings is 1. The van der Waals surface area contributed by atoms with Gasteiger partial charge >= 0.3 is 0 Å². The van der Waals surface area contributed by atoms with Crippen molar-refractivity contribution in [2.24, 2.45) is 5.41 Å². The molecule has 1 saturated carbocycles. The van der Waals surface area contributed by atoms with Crippen LogP contribution < -0.4 is 10.9 Å². The van der Waals surface area contributed by atoms with Crippen LogP contribution in [-0.2, 0) is 0 Å². The van der Waals surface area contributed by atoms with Crippen molar-refractivity contribution in [3.05, 3.63) is 34.2 Å². The number of amides is 1. The Labute approximate surface area is 118 Å². The molecule has 0 radical (unpaired) electrons. The smallest absolute Gasteiger partial charge is 0.260 e. The zero-order valence-corrected chi connectivity index (χ0v) is 12.0. The first-order valence-corrected chi connectivity index (χ1v) is 7.00. The molecule has 2 rings (SSSR count). The maximum Gasteiger partial charge on any atom is 0.260 e. The van der Waals surface area contributed by atoms with E-state index in [0.29, 0.717) is 12.8 Å². The molecular weight excluding hydrogens is 256 g/mol. The van der Waals surface area contributed by atoms with Crippen molar-refractivity contribution in [2.75, 3.05) is 6.54 Å². The molecule has 110 valence electrons. The van der Waals surface area contributed by atoms with Crippen LogP contribution in [0.15, 0.2) is 23.1 Å². The number of aromatic nitrogens is 1. The van der Waals surface area contributed by atoms with E-state index in [1.807, 2.05) is 0 Å². The number of aromatic amines is 1. The minimum Gasteiger partial charge on any atom is -0.388 e. The fraction of sp³-hybridized carbons (Fsp3) is 0.600. The Balaban J connectivity index is 1.94. The Morgan fingerprint density at radius 3 is 2.60 bits per heavy atom. The Morgan fingerprint density at radius 2 is 2.00 bits per heavy atom. The summed E-state index contributed by atoms with van der Waals surface area (Å²) >= 11 is 0. The summed E-state index contributed by atoms with van der Waals surface area (Å²) < 4.78 is 0. The van der Waals surface area contributed by atoms with Crippen LogP contribution in [-0.4, -0.2) is 28.1 Å². The molecule has 1 fully saturated rings. The van der Waals surface area contributed by atoms with E-state index in [0.717, 1.165) is 12.8 Å². The van der Waals surface area contributed by atoms with Gasteiger partial charge in [0.2, 0.25) is 0 Å². The number of rotatable bonds is 3. The highest BCUT2D eigenvalue weighted by Gasteiger charge is 2.36. The van der Waals surface area contributed by atoms with Gasteiger partial charge in [-0.25, -0.2) is 0 Å². The second-order valence-electron chi connectivity index (χ2n) is 6.48. The number of H-pyrrole nitrogens is 1. The van der Waals surface area contributed by atoms with Crippen molar-refractivity contribution < 1.29 is 9.90 Å². The van der Waals surface area contributed by atoms with Crippen LogP contribution in [0.25, 0.3) is 0 Å². The molecule has 5 nitrogen and oxygen atoms in total. The predicted octanol–water partition coefficient (Wildman–Crippen LogP) is 1.44. The maximum atomic E-state index is 11.9. The van der Waals surface area contributed by atoms with Crippen molar-refractivity contribution in [1.82, 2.24) is 10.3 Å². The van der Waals surface area contributed by atoms with Crippen LogP contribution in [0.2, 0.25) is 0 Å². The van der Waals surface area contributed by atoms with E-state index in [9.17, 15) is 14.7 Å². The van der Waals surface area contributed by atoms with Crippen molar-refractivity contribution in [3.8, 4) is 0 Å². The van der Waals surface area contributed by atoms with Crippen molar-refractivity contribution >= 4 is 5.91 Å². The Bertz CT molecular complexity index is 538. The molecule has 0 unspecified atom stereocenters. The van der Waals surface area contributed by atoms with E-state index < -0.39 is 17.1 Å². The van der Waals surface area contributed by atoms with Crippen LogP contribution in [0.4, 0.5) is 0 Å². The normalized spacial score (nSPS) is 20.4. The van der Waals surface area contributed by atoms with Crippen LogP contribution in [0.1, 0.15) is 49.9 Å². The SMILES string of the molecule is CC1(C)CCC(O)(CNC(=O)c2ccc[nH]c2=O)CC1. The van der Waals surface area contributed by atoms with E-state index in [-0.39, 0.29) is 17.5 Å². The summed E-state index contributed by atoms with van der Waals surface area (Å²) in [6.07, 6.45) is 4.70. The average molecular weight is 278 g/mol. The third-order valence-electron chi connectivity index (χ3n) is 4.18. The number of hydrogen-bond donors (Lipinski definition) is 3. The van der Waals surface area contributed by atoms with E-state index in [1.54, 1.807) is 6.07 Å². The Kier molecular flexibility index (Phi) is 3.99. The summed E-state index contributed by atoms with van der Waals surface area (Å²) in [5, 5.41) is 13.1. The molecule has 1 heterocycles. The zero-order valence-electron chi connectivity index (χ0n) is 12.0. The number of carbonyl (C=O) groups is 1. The van der Waals surface area contributed by atoms with Gasteiger partial charge in [-0.2, -0.15) is 0 Å². The van der Waals surface area contributed by atoms with Gasteiger partial charge in [0.1, 0.15) is 5.56 Å². The number of aliphatic hydroxyl groups is 1. The summed E-state index contributed by atoms with van der Waals surface area (Å²) in [6.45, 7) is 4.57. The fourth-order valence-electron chi connectivity index (χ4n) is 2.51. The predicted molar refractivity (Wildman–Crippen MR) is 76.6 cm³/mol. The second-order valence-corrected chi connectivity index (χ2v) is 6.48. The first-order chi connectivity index (χ1) is 9.31. The molecule has 1 aromatic heterocycles. The molecule has 3 N–H and O–H groups in total. The van der Waals surface area contributed by atoms with Crippen molar-refractivity contribution in [2.45, 2.75) is 45.1 Å². The van der Waals surface area contributed by atoms with Gasteiger partial charge in [0.15, 0.2) is 0 Å². The van der Waals surface area contributed by atoms with Gasteiger partial charge < -0.3 is 15.4 Å². The minimum absolute atomic E-state index is 0.0761. The van der Waals surface area contributed by atoms with Gasteiger partial charge in [-0.15, -0.1) is 0 Å². The first-order valence-electron chi connectivity index (χ1n) is 7.00. The quantitative estimate of drug-likeness (QED) is 0.782. The highest BCUT2D eigenvalue weighted by atomic mass is 16.3. The molecule has 0 atom stereocenters. The Morgan fingerprint density at radius 1 is 1.35 bits per heavy atom. The molecule has 0 bridgehead atoms. The number of nitrogens with one attached hydrogen (secondary N) is 2. The molecule has 5 heteroatoms. The lowest BCUT2D eigenvalue weighted by molar-refractivity contribution is -0.0233. The maximum absolute atomic E-state index is 11.9. The molecule has 1 aliphatic rings. The highest BCUT2D eigenvalue weighted by molar-refractivity contribution is 5.93. The van der Waals surface area contributed by atoms with E-state index in [4.69, 9.17) is 0 Å². The molecule has 1 aromatic rings. The Hall–Kier alpha value is -1.62. The molecule has 0 saturated heterocycles. The summed E-state index contributed by atoms with van der Waals surface area (Å²) in [4.78, 5) is 25.9. The summed E-state index contributed by atoms with van der Waals surface area (Å²) in [5.41, 5.74) is -0.937. The highest BCUT2D eigenvalue weighted by Crippen LogP contribution is 2.39. The van der Waals surface area contributed by atoms with E-state index >= 15 is 0 Å². The van der Waals surface area contributed by atoms with Gasteiger partial charge in [0, 0.05) is 12.7 Å². The monoisotopic (exact) mass is 278 g/mol. The van der Waals surface area contributed by atoms with Gasteiger partial charge in [0.05, 0.1) is 5.60 Å². The third kappa shape index (κ3) is 3.48. The van der Waals surface area contributed by atoms with Crippen LogP contribution >= 0.6 is 0 Å². The number of hydrogen-bond acceptors (Lipinski definition) is 3. The summed E-state index contributed by atoms with van der Waals surface area (Å²) in [6, 6.07) is 3.08. The summed E-state index contributed by atoms with van der Waals surface area (Å²) in [5.74, 6) is -0.440. The van der Waals surface area contributed by atoms with E-state index in [2.05, 4.69) is 24.1 Å². The van der Waals surface area contributed by atoms with Crippen LogP contribution in [0.3, 0.4) is 0 Å². The molecule has 0 aromatic carbocycles. The van der Waals surface area contributed by atoms with Gasteiger partial charge in [-0.05, 0) is 43.2 Å². The van der Waals surface area contributed by atoms with Gasteiger partial charge in [0.25, 0.3) is 11.5 Å². The van der Waals surface area contributed by atoms with Gasteiger partial charge in [-0.3, -0.25) is 9.59 Å². The summed E-state index contributed by atoms with van der Waals surface area (Å²) in [7, 11) is 0. The van der Waals surface area contributed by atoms with Crippen molar-refractivity contribution in [3.63, 3.8) is 0 Å². The lowest BCUT2D eigenvalue weighted by atomic mass is 9.71. The number of carbonyl (C=O) groups excluding carboxylic acids is 1. The third-order valence-corrected chi connectivity index (χ3v) is 4.18. The fourth-order valence-corrected chi connectivity index (χ4v) is 2.51. The molecule has 1 aliphatic carbocycles. The molecule has 0 spiro atoms. The standard InChI is InChI=1S/C15H22N2O3/c1-14(2)5-7-15(20,8-6-14)10-17-13(19)11-4-3-9-16-12(11)18/h3-4,9,20H,5-8,10H2,1-2H3,(H,16,18)(H,17,19).